The number of nitrogens with zero attached hydrogens (tertiary/aromatic N) is 2. The average Bonchev–Trinajstić information content (AvgIpc) is 3.11. The van der Waals surface area contributed by atoms with Crippen molar-refractivity contribution in [2.75, 3.05) is 52.6 Å². The summed E-state index contributed by atoms with van der Waals surface area (Å²) in [6, 6.07) is 9.04. The van der Waals surface area contributed by atoms with Gasteiger partial charge in [0, 0.05) is 38.3 Å². The van der Waals surface area contributed by atoms with E-state index in [9.17, 15) is 16.8 Å². The van der Waals surface area contributed by atoms with Gasteiger partial charge in [-0.3, -0.25) is 0 Å². The van der Waals surface area contributed by atoms with E-state index in [1.807, 2.05) is 0 Å². The first kappa shape index (κ1) is 22.3. The molecule has 0 radical (unpaired) electrons. The lowest BCUT2D eigenvalue weighted by molar-refractivity contribution is 0.171. The molecular weight excluding hydrogens is 472 g/mol. The van der Waals surface area contributed by atoms with Crippen LogP contribution in [-0.4, -0.2) is 78.1 Å². The molecule has 10 nitrogen and oxygen atoms in total. The van der Waals surface area contributed by atoms with Gasteiger partial charge in [0.2, 0.25) is 20.0 Å². The van der Waals surface area contributed by atoms with Crippen molar-refractivity contribution in [2.24, 2.45) is 0 Å². The van der Waals surface area contributed by atoms with Gasteiger partial charge in [0.05, 0.1) is 9.79 Å². The van der Waals surface area contributed by atoms with Gasteiger partial charge in [0.25, 0.3) is 0 Å². The maximum Gasteiger partial charge on any atom is 0.243 e. The summed E-state index contributed by atoms with van der Waals surface area (Å²) in [5.41, 5.74) is 0. The molecule has 0 spiro atoms. The summed E-state index contributed by atoms with van der Waals surface area (Å²) < 4.78 is 77.5. The van der Waals surface area contributed by atoms with Crippen LogP contribution >= 0.6 is 0 Å². The molecule has 0 unspecified atom stereocenters. The highest BCUT2D eigenvalue weighted by atomic mass is 32.2. The largest absolute Gasteiger partial charge is 0.486 e. The van der Waals surface area contributed by atoms with E-state index in [4.69, 9.17) is 18.9 Å². The van der Waals surface area contributed by atoms with E-state index < -0.39 is 20.0 Å². The van der Waals surface area contributed by atoms with Crippen LogP contribution in [0.2, 0.25) is 0 Å². The van der Waals surface area contributed by atoms with E-state index in [1.165, 1.54) is 32.9 Å². The van der Waals surface area contributed by atoms with Gasteiger partial charge in [-0.15, -0.1) is 0 Å². The molecule has 0 atom stereocenters. The van der Waals surface area contributed by atoms with Crippen LogP contribution in [0.5, 0.6) is 23.0 Å². The third-order valence-corrected chi connectivity index (χ3v) is 9.51. The van der Waals surface area contributed by atoms with Crippen LogP contribution in [0.25, 0.3) is 0 Å². The van der Waals surface area contributed by atoms with E-state index in [0.29, 0.717) is 55.8 Å². The molecule has 3 aliphatic heterocycles. The Labute approximate surface area is 192 Å². The summed E-state index contributed by atoms with van der Waals surface area (Å²) in [6.45, 7) is 2.05. The topological polar surface area (TPSA) is 112 Å². The predicted molar refractivity (Wildman–Crippen MR) is 117 cm³/mol. The first-order chi connectivity index (χ1) is 15.9. The number of benzene rings is 2. The first-order valence-corrected chi connectivity index (χ1v) is 13.5. The Hall–Kier alpha value is -2.54. The summed E-state index contributed by atoms with van der Waals surface area (Å²) in [7, 11) is -7.65. The van der Waals surface area contributed by atoms with E-state index in [-0.39, 0.29) is 36.0 Å². The molecule has 2 aromatic rings. The predicted octanol–water partition coefficient (Wildman–Crippen LogP) is 1.31. The van der Waals surface area contributed by atoms with Crippen molar-refractivity contribution in [3.63, 3.8) is 0 Å². The summed E-state index contributed by atoms with van der Waals surface area (Å²) in [5.74, 6) is 1.79. The van der Waals surface area contributed by atoms with E-state index in [2.05, 4.69) is 0 Å². The minimum atomic E-state index is -3.82. The van der Waals surface area contributed by atoms with Crippen LogP contribution in [-0.2, 0) is 20.0 Å². The van der Waals surface area contributed by atoms with E-state index >= 15 is 0 Å². The van der Waals surface area contributed by atoms with Crippen LogP contribution in [0.1, 0.15) is 6.42 Å². The molecule has 0 N–H and O–H groups in total. The molecule has 12 heteroatoms. The number of hydrogen-bond acceptors (Lipinski definition) is 8. The minimum absolute atomic E-state index is 0.0422. The van der Waals surface area contributed by atoms with Crippen LogP contribution in [0.15, 0.2) is 46.2 Å². The highest BCUT2D eigenvalue weighted by Gasteiger charge is 2.33. The molecule has 0 saturated carbocycles. The van der Waals surface area contributed by atoms with Gasteiger partial charge in [-0.25, -0.2) is 16.8 Å². The van der Waals surface area contributed by atoms with Crippen LogP contribution in [0, 0.1) is 0 Å². The normalized spacial score (nSPS) is 19.6. The Balaban J connectivity index is 1.34. The number of hydrogen-bond donors (Lipinski definition) is 0. The average molecular weight is 497 g/mol. The van der Waals surface area contributed by atoms with Crippen molar-refractivity contribution in [2.45, 2.75) is 16.2 Å². The highest BCUT2D eigenvalue weighted by Crippen LogP contribution is 2.35. The monoisotopic (exact) mass is 496 g/mol. The van der Waals surface area contributed by atoms with Gasteiger partial charge in [-0.2, -0.15) is 8.61 Å². The maximum atomic E-state index is 13.2. The van der Waals surface area contributed by atoms with Gasteiger partial charge in [0.1, 0.15) is 26.4 Å². The quantitative estimate of drug-likeness (QED) is 0.623. The zero-order chi connectivity index (χ0) is 23.1. The number of fused-ring (bicyclic) bond motifs is 2. The molecule has 5 rings (SSSR count). The Morgan fingerprint density at radius 1 is 0.545 bits per heavy atom. The summed E-state index contributed by atoms with van der Waals surface area (Å²) >= 11 is 0. The van der Waals surface area contributed by atoms with Crippen LogP contribution < -0.4 is 18.9 Å². The maximum absolute atomic E-state index is 13.2. The number of ether oxygens (including phenoxy) is 4. The van der Waals surface area contributed by atoms with Gasteiger partial charge in [-0.05, 0) is 30.7 Å². The van der Waals surface area contributed by atoms with Crippen LogP contribution in [0.4, 0.5) is 0 Å². The van der Waals surface area contributed by atoms with Gasteiger partial charge < -0.3 is 18.9 Å². The zero-order valence-electron chi connectivity index (χ0n) is 17.8. The molecule has 0 aliphatic carbocycles. The standard InChI is InChI=1S/C21H24N2O8S2/c24-32(25,16-2-4-18-20(14-16)30-12-10-28-18)22-6-1-7-23(9-8-22)33(26,27)17-3-5-19-21(15-17)31-13-11-29-19/h2-5,14-15H,1,6-13H2. The van der Waals surface area contributed by atoms with Crippen molar-refractivity contribution in [1.29, 1.82) is 0 Å². The molecule has 1 saturated heterocycles. The second-order valence-corrected chi connectivity index (χ2v) is 11.6. The molecule has 3 aliphatic rings. The van der Waals surface area contributed by atoms with Crippen molar-refractivity contribution >= 4 is 20.0 Å². The highest BCUT2D eigenvalue weighted by molar-refractivity contribution is 7.89. The second kappa shape index (κ2) is 8.67. The Morgan fingerprint density at radius 2 is 0.939 bits per heavy atom. The van der Waals surface area contributed by atoms with Crippen molar-refractivity contribution in [3.05, 3.63) is 36.4 Å². The Bertz CT molecular complexity index is 1170. The minimum Gasteiger partial charge on any atom is -0.486 e. The fourth-order valence-corrected chi connectivity index (χ4v) is 6.99. The Kier molecular flexibility index (Phi) is 5.85. The zero-order valence-corrected chi connectivity index (χ0v) is 19.4. The third kappa shape index (κ3) is 4.23. The molecule has 2 aromatic carbocycles. The molecule has 0 amide bonds. The molecule has 1 fully saturated rings. The molecular formula is C21H24N2O8S2. The lowest BCUT2D eigenvalue weighted by Gasteiger charge is -2.24. The summed E-state index contributed by atoms with van der Waals surface area (Å²) in [4.78, 5) is 0.185. The van der Waals surface area contributed by atoms with Crippen molar-refractivity contribution in [1.82, 2.24) is 8.61 Å². The SMILES string of the molecule is O=S(=O)(c1ccc2c(c1)OCCO2)N1CCCN(S(=O)(=O)c2ccc3c(c2)OCCO3)CC1. The second-order valence-electron chi connectivity index (χ2n) is 7.77. The van der Waals surface area contributed by atoms with Crippen molar-refractivity contribution < 1.29 is 35.8 Å². The lowest BCUT2D eigenvalue weighted by Crippen LogP contribution is -2.37. The third-order valence-electron chi connectivity index (χ3n) is 5.72. The smallest absolute Gasteiger partial charge is 0.243 e. The van der Waals surface area contributed by atoms with E-state index in [0.717, 1.165) is 0 Å². The lowest BCUT2D eigenvalue weighted by atomic mass is 10.3. The van der Waals surface area contributed by atoms with Crippen molar-refractivity contribution in [3.8, 4) is 23.0 Å². The van der Waals surface area contributed by atoms with Gasteiger partial charge in [0.15, 0.2) is 23.0 Å². The summed E-state index contributed by atoms with van der Waals surface area (Å²) in [6.07, 6.45) is 0.369. The molecule has 0 bridgehead atoms. The Morgan fingerprint density at radius 3 is 1.36 bits per heavy atom. The molecule has 33 heavy (non-hydrogen) atoms. The number of rotatable bonds is 4. The first-order valence-electron chi connectivity index (χ1n) is 10.7. The van der Waals surface area contributed by atoms with Crippen LogP contribution in [0.3, 0.4) is 0 Å². The molecule has 178 valence electrons. The fraction of sp³-hybridized carbons (Fsp3) is 0.429. The molecule has 0 aromatic heterocycles. The fourth-order valence-electron chi connectivity index (χ4n) is 4.02. The van der Waals surface area contributed by atoms with Gasteiger partial charge in [-0.1, -0.05) is 0 Å². The van der Waals surface area contributed by atoms with E-state index in [1.54, 1.807) is 12.1 Å². The number of sulfonamides is 2. The van der Waals surface area contributed by atoms with Gasteiger partial charge >= 0.3 is 0 Å². The molecule has 3 heterocycles. The summed E-state index contributed by atoms with van der Waals surface area (Å²) in [5, 5.41) is 0.